The van der Waals surface area contributed by atoms with Crippen molar-refractivity contribution in [2.45, 2.75) is 13.8 Å². The van der Waals surface area contributed by atoms with Gasteiger partial charge in [-0.15, -0.1) is 11.3 Å². The molecule has 114 valence electrons. The molecule has 0 bridgehead atoms. The third kappa shape index (κ3) is 2.29. The molecule has 1 aliphatic heterocycles. The molecule has 0 saturated carbocycles. The van der Waals surface area contributed by atoms with Crippen LogP contribution in [0.5, 0.6) is 0 Å². The Balaban J connectivity index is 2.02. The van der Waals surface area contributed by atoms with Gasteiger partial charge in [-0.05, 0) is 37.6 Å². The summed E-state index contributed by atoms with van der Waals surface area (Å²) in [6.07, 6.45) is 0. The average molecular weight is 319 g/mol. The van der Waals surface area contributed by atoms with Crippen molar-refractivity contribution in [3.8, 4) is 10.4 Å². The van der Waals surface area contributed by atoms with Crippen LogP contribution in [0.3, 0.4) is 0 Å². The maximum absolute atomic E-state index is 13.0. The summed E-state index contributed by atoms with van der Waals surface area (Å²) in [5.74, 6) is -1.50. The number of rotatable bonds is 3. The minimum Gasteiger partial charge on any atom is -0.477 e. The number of carboxylic acids is 1. The van der Waals surface area contributed by atoms with E-state index in [9.17, 15) is 19.1 Å². The van der Waals surface area contributed by atoms with Crippen LogP contribution >= 0.6 is 11.3 Å². The summed E-state index contributed by atoms with van der Waals surface area (Å²) >= 11 is 1.09. The fourth-order valence-electron chi connectivity index (χ4n) is 2.49. The van der Waals surface area contributed by atoms with Crippen molar-refractivity contribution in [1.29, 1.82) is 0 Å². The number of anilines is 1. The standard InChI is InChI=1S/C16H14FNO3S/c1-16(2)8-18(15(16)21)11-7-12(22-13(11)14(19)20)9-3-5-10(17)6-4-9/h3-7H,8H2,1-2H3,(H,19,20). The lowest BCUT2D eigenvalue weighted by Crippen LogP contribution is -2.58. The van der Waals surface area contributed by atoms with Gasteiger partial charge in [-0.2, -0.15) is 0 Å². The van der Waals surface area contributed by atoms with E-state index in [0.29, 0.717) is 17.1 Å². The second-order valence-electron chi connectivity index (χ2n) is 5.91. The van der Waals surface area contributed by atoms with Crippen LogP contribution in [0.2, 0.25) is 0 Å². The highest BCUT2D eigenvalue weighted by Gasteiger charge is 2.46. The molecule has 1 aliphatic rings. The highest BCUT2D eigenvalue weighted by atomic mass is 32.1. The zero-order chi connectivity index (χ0) is 16.1. The van der Waals surface area contributed by atoms with Gasteiger partial charge >= 0.3 is 5.97 Å². The molecule has 2 heterocycles. The number of benzene rings is 1. The van der Waals surface area contributed by atoms with E-state index in [1.165, 1.54) is 17.0 Å². The summed E-state index contributed by atoms with van der Waals surface area (Å²) in [7, 11) is 0. The van der Waals surface area contributed by atoms with Crippen molar-refractivity contribution in [3.63, 3.8) is 0 Å². The molecule has 2 aromatic rings. The number of β-lactam (4-membered cyclic amide) rings is 1. The van der Waals surface area contributed by atoms with E-state index in [0.717, 1.165) is 16.9 Å². The summed E-state index contributed by atoms with van der Waals surface area (Å²) in [4.78, 5) is 25.9. The summed E-state index contributed by atoms with van der Waals surface area (Å²) in [5, 5.41) is 9.37. The van der Waals surface area contributed by atoms with Gasteiger partial charge in [0.2, 0.25) is 5.91 Å². The fourth-order valence-corrected chi connectivity index (χ4v) is 3.50. The van der Waals surface area contributed by atoms with E-state index in [4.69, 9.17) is 0 Å². The number of halogens is 1. The highest BCUT2D eigenvalue weighted by Crippen LogP contribution is 2.42. The van der Waals surface area contributed by atoms with Crippen LogP contribution in [0.15, 0.2) is 30.3 Å². The van der Waals surface area contributed by atoms with E-state index >= 15 is 0 Å². The predicted octanol–water partition coefficient (Wildman–Crippen LogP) is 3.63. The zero-order valence-electron chi connectivity index (χ0n) is 12.1. The number of amides is 1. The molecule has 6 heteroatoms. The lowest BCUT2D eigenvalue weighted by molar-refractivity contribution is -0.132. The Bertz CT molecular complexity index is 764. The molecule has 3 rings (SSSR count). The Hall–Kier alpha value is -2.21. The molecule has 0 radical (unpaired) electrons. The second-order valence-corrected chi connectivity index (χ2v) is 6.96. The summed E-state index contributed by atoms with van der Waals surface area (Å²) in [5.41, 5.74) is 0.696. The van der Waals surface area contributed by atoms with Crippen LogP contribution in [0, 0.1) is 11.2 Å². The monoisotopic (exact) mass is 319 g/mol. The van der Waals surface area contributed by atoms with Gasteiger partial charge in [-0.3, -0.25) is 4.79 Å². The van der Waals surface area contributed by atoms with Gasteiger partial charge in [-0.1, -0.05) is 12.1 Å². The van der Waals surface area contributed by atoms with E-state index in [-0.39, 0.29) is 16.6 Å². The number of aromatic carboxylic acids is 1. The first kappa shape index (κ1) is 14.7. The average Bonchev–Trinajstić information content (AvgIpc) is 2.90. The lowest BCUT2D eigenvalue weighted by atomic mass is 9.82. The Kier molecular flexibility index (Phi) is 3.29. The van der Waals surface area contributed by atoms with Crippen LogP contribution in [-0.2, 0) is 4.79 Å². The molecule has 1 aromatic heterocycles. The number of carboxylic acid groups (broad SMARTS) is 1. The van der Waals surface area contributed by atoms with Crippen molar-refractivity contribution in [2.24, 2.45) is 5.41 Å². The second kappa shape index (κ2) is 4.91. The Morgan fingerprint density at radius 3 is 2.45 bits per heavy atom. The number of carbonyl (C=O) groups is 2. The van der Waals surface area contributed by atoms with Gasteiger partial charge in [0.25, 0.3) is 0 Å². The molecule has 1 fully saturated rings. The third-order valence-electron chi connectivity index (χ3n) is 3.70. The van der Waals surface area contributed by atoms with Crippen LogP contribution in [0.4, 0.5) is 10.1 Å². The predicted molar refractivity (Wildman–Crippen MR) is 82.8 cm³/mol. The van der Waals surface area contributed by atoms with Gasteiger partial charge < -0.3 is 10.0 Å². The van der Waals surface area contributed by atoms with Crippen molar-refractivity contribution >= 4 is 28.9 Å². The smallest absolute Gasteiger partial charge is 0.348 e. The number of carbonyl (C=O) groups excluding carboxylic acids is 1. The molecular weight excluding hydrogens is 305 g/mol. The number of hydrogen-bond acceptors (Lipinski definition) is 3. The van der Waals surface area contributed by atoms with Crippen molar-refractivity contribution in [1.82, 2.24) is 0 Å². The normalized spacial score (nSPS) is 16.5. The van der Waals surface area contributed by atoms with Crippen molar-refractivity contribution in [3.05, 3.63) is 41.0 Å². The summed E-state index contributed by atoms with van der Waals surface area (Å²) < 4.78 is 13.0. The molecular formula is C16H14FNO3S. The number of nitrogens with zero attached hydrogens (tertiary/aromatic N) is 1. The van der Waals surface area contributed by atoms with Gasteiger partial charge in [0, 0.05) is 11.4 Å². The van der Waals surface area contributed by atoms with Crippen molar-refractivity contribution in [2.75, 3.05) is 11.4 Å². The number of hydrogen-bond donors (Lipinski definition) is 1. The molecule has 0 aliphatic carbocycles. The van der Waals surface area contributed by atoms with Crippen LogP contribution < -0.4 is 4.90 Å². The molecule has 1 N–H and O–H groups in total. The van der Waals surface area contributed by atoms with Gasteiger partial charge in [-0.25, -0.2) is 9.18 Å². The Labute approximate surface area is 130 Å². The molecule has 1 amide bonds. The number of thiophene rings is 1. The Morgan fingerprint density at radius 1 is 1.32 bits per heavy atom. The summed E-state index contributed by atoms with van der Waals surface area (Å²) in [6, 6.07) is 7.53. The van der Waals surface area contributed by atoms with E-state index in [1.54, 1.807) is 18.2 Å². The SMILES string of the molecule is CC1(C)CN(c2cc(-c3ccc(F)cc3)sc2C(=O)O)C1=O. The molecule has 4 nitrogen and oxygen atoms in total. The topological polar surface area (TPSA) is 57.6 Å². The van der Waals surface area contributed by atoms with Crippen LogP contribution in [0.1, 0.15) is 23.5 Å². The minimum absolute atomic E-state index is 0.0848. The molecule has 1 saturated heterocycles. The maximum atomic E-state index is 13.0. The molecule has 0 unspecified atom stereocenters. The highest BCUT2D eigenvalue weighted by molar-refractivity contribution is 7.18. The first-order chi connectivity index (χ1) is 10.3. The summed E-state index contributed by atoms with van der Waals surface area (Å²) in [6.45, 7) is 4.16. The largest absolute Gasteiger partial charge is 0.477 e. The lowest BCUT2D eigenvalue weighted by Gasteiger charge is -2.44. The maximum Gasteiger partial charge on any atom is 0.348 e. The molecule has 1 aromatic carbocycles. The van der Waals surface area contributed by atoms with Crippen LogP contribution in [0.25, 0.3) is 10.4 Å². The van der Waals surface area contributed by atoms with Gasteiger partial charge in [0.1, 0.15) is 10.7 Å². The molecule has 0 atom stereocenters. The third-order valence-corrected chi connectivity index (χ3v) is 4.87. The van der Waals surface area contributed by atoms with Crippen LogP contribution in [-0.4, -0.2) is 23.5 Å². The Morgan fingerprint density at radius 2 is 1.95 bits per heavy atom. The zero-order valence-corrected chi connectivity index (χ0v) is 12.9. The first-order valence-electron chi connectivity index (χ1n) is 6.74. The molecule has 22 heavy (non-hydrogen) atoms. The van der Waals surface area contributed by atoms with E-state index in [1.807, 2.05) is 13.8 Å². The fraction of sp³-hybridized carbons (Fsp3) is 0.250. The van der Waals surface area contributed by atoms with Gasteiger partial charge in [0.05, 0.1) is 11.1 Å². The first-order valence-corrected chi connectivity index (χ1v) is 7.56. The van der Waals surface area contributed by atoms with E-state index in [2.05, 4.69) is 0 Å². The van der Waals surface area contributed by atoms with Crippen molar-refractivity contribution < 1.29 is 19.1 Å². The van der Waals surface area contributed by atoms with E-state index < -0.39 is 11.4 Å². The van der Waals surface area contributed by atoms with Gasteiger partial charge in [0.15, 0.2) is 0 Å². The quantitative estimate of drug-likeness (QED) is 0.879. The molecule has 0 spiro atoms. The minimum atomic E-state index is -1.06.